The lowest BCUT2D eigenvalue weighted by atomic mass is 9.85. The Balaban J connectivity index is 1.00. The Morgan fingerprint density at radius 1 is 0.420 bits per heavy atom. The Kier molecular flexibility index (Phi) is 11.3. The number of aromatic nitrogens is 2. The summed E-state index contributed by atoms with van der Waals surface area (Å²) in [5.41, 5.74) is 12.7. The van der Waals surface area contributed by atoms with Crippen LogP contribution in [0.2, 0.25) is 0 Å². The molecule has 2 heterocycles. The number of hydrogen-bond acceptors (Lipinski definition) is 4. The van der Waals surface area contributed by atoms with Gasteiger partial charge in [0.2, 0.25) is 0 Å². The van der Waals surface area contributed by atoms with E-state index in [0.717, 1.165) is 88.4 Å². The molecule has 0 aliphatic heterocycles. The van der Waals surface area contributed by atoms with Crippen molar-refractivity contribution in [2.45, 2.75) is 98.7 Å². The molecule has 2 aromatic heterocycles. The van der Waals surface area contributed by atoms with Crippen LogP contribution >= 0.6 is 0 Å². The third-order valence-electron chi connectivity index (χ3n) is 13.7. The quantitative estimate of drug-likeness (QED) is 0.143. The molecule has 0 aliphatic carbocycles. The number of aromatic hydroxyl groups is 2. The van der Waals surface area contributed by atoms with Gasteiger partial charge in [0.05, 0.1) is 45.6 Å². The lowest BCUT2D eigenvalue weighted by Crippen LogP contribution is -2.23. The van der Waals surface area contributed by atoms with Crippen LogP contribution in [-0.4, -0.2) is 31.6 Å². The van der Waals surface area contributed by atoms with Crippen molar-refractivity contribution in [3.8, 4) is 56.6 Å². The minimum atomic E-state index is -0.269. The summed E-state index contributed by atoms with van der Waals surface area (Å²) in [5.74, 6) is 1.77. The van der Waals surface area contributed by atoms with Gasteiger partial charge in [-0.3, -0.25) is 0 Å². The number of aryl methyl sites for hydroxylation is 2. The van der Waals surface area contributed by atoms with Crippen LogP contribution in [0.5, 0.6) is 23.0 Å². The minimum Gasteiger partial charge on any atom is -0.505 e. The third-order valence-corrected chi connectivity index (χ3v) is 13.7. The van der Waals surface area contributed by atoms with Gasteiger partial charge in [-0.1, -0.05) is 126 Å². The van der Waals surface area contributed by atoms with E-state index in [1.54, 1.807) is 0 Å². The molecular weight excluding hydrogens is 849 g/mol. The Labute approximate surface area is 406 Å². The molecule has 0 fully saturated rings. The monoisotopic (exact) mass is 910 g/mol. The summed E-state index contributed by atoms with van der Waals surface area (Å²) in [6.07, 6.45) is 0.0313. The number of rotatable bonds is 10. The van der Waals surface area contributed by atoms with Crippen LogP contribution < -0.4 is 9.47 Å². The van der Waals surface area contributed by atoms with Crippen molar-refractivity contribution in [1.82, 2.24) is 9.13 Å². The van der Waals surface area contributed by atoms with Crippen LogP contribution in [0.4, 0.5) is 0 Å². The van der Waals surface area contributed by atoms with Crippen LogP contribution in [0.25, 0.3) is 77.2 Å². The highest BCUT2D eigenvalue weighted by molar-refractivity contribution is 6.10. The van der Waals surface area contributed by atoms with Gasteiger partial charge in [-0.05, 0) is 134 Å². The largest absolute Gasteiger partial charge is 0.505 e. The highest BCUT2D eigenvalue weighted by Crippen LogP contribution is 2.47. The standard InChI is InChI=1S/C63H62N2O4/c1-38-31-50(60(66)56(33-38)64-52-23-15-11-19-44(52)45-20-12-16-24-53(45)64)48-36-42(62(5,6)7)27-29-58(48)68-40(3)35-41(4)69-59-30-28-43(63(8,9)10)37-49(59)51-32-39(2)34-57(61(51)67)65-54-25-17-13-21-46(54)47-22-14-18-26-55(47)65/h11-34,36-37,40-41,66-67H,35H2,1-10H3/t40-,41?/m1/s1. The second kappa shape index (κ2) is 17.3. The summed E-state index contributed by atoms with van der Waals surface area (Å²) in [4.78, 5) is 0. The summed E-state index contributed by atoms with van der Waals surface area (Å²) in [6.45, 7) is 21.6. The van der Waals surface area contributed by atoms with Gasteiger partial charge in [0.15, 0.2) is 0 Å². The lowest BCUT2D eigenvalue weighted by molar-refractivity contribution is 0.131. The molecule has 348 valence electrons. The molecule has 0 saturated heterocycles. The molecule has 10 aromatic rings. The molecule has 0 amide bonds. The van der Waals surface area contributed by atoms with E-state index in [-0.39, 0.29) is 34.5 Å². The van der Waals surface area contributed by atoms with Crippen LogP contribution in [0.3, 0.4) is 0 Å². The lowest BCUT2D eigenvalue weighted by Gasteiger charge is -2.26. The van der Waals surface area contributed by atoms with E-state index in [4.69, 9.17) is 9.47 Å². The molecular formula is C63H62N2O4. The topological polar surface area (TPSA) is 68.8 Å². The summed E-state index contributed by atoms with van der Waals surface area (Å²) < 4.78 is 18.2. The smallest absolute Gasteiger partial charge is 0.147 e. The first kappa shape index (κ1) is 45.3. The van der Waals surface area contributed by atoms with Gasteiger partial charge < -0.3 is 28.8 Å². The van der Waals surface area contributed by atoms with E-state index in [9.17, 15) is 10.2 Å². The molecule has 1 unspecified atom stereocenters. The molecule has 0 saturated carbocycles. The van der Waals surface area contributed by atoms with E-state index in [0.29, 0.717) is 29.0 Å². The van der Waals surface area contributed by atoms with E-state index in [1.165, 1.54) is 0 Å². The van der Waals surface area contributed by atoms with Gasteiger partial charge in [0.25, 0.3) is 0 Å². The molecule has 0 radical (unpaired) electrons. The molecule has 6 nitrogen and oxygen atoms in total. The van der Waals surface area contributed by atoms with E-state index in [1.807, 2.05) is 24.3 Å². The Morgan fingerprint density at radius 3 is 1.06 bits per heavy atom. The van der Waals surface area contributed by atoms with Crippen molar-refractivity contribution < 1.29 is 19.7 Å². The molecule has 10 rings (SSSR count). The molecule has 2 N–H and O–H groups in total. The molecule has 0 spiro atoms. The van der Waals surface area contributed by atoms with Crippen LogP contribution in [0.1, 0.15) is 84.1 Å². The maximum Gasteiger partial charge on any atom is 0.147 e. The van der Waals surface area contributed by atoms with E-state index >= 15 is 0 Å². The fourth-order valence-electron chi connectivity index (χ4n) is 10.3. The highest BCUT2D eigenvalue weighted by Gasteiger charge is 2.26. The predicted molar refractivity (Wildman–Crippen MR) is 287 cm³/mol. The van der Waals surface area contributed by atoms with Crippen molar-refractivity contribution in [3.05, 3.63) is 180 Å². The predicted octanol–water partition coefficient (Wildman–Crippen LogP) is 16.5. The molecule has 0 aliphatic rings. The maximum atomic E-state index is 12.5. The second-order valence-corrected chi connectivity index (χ2v) is 21.1. The van der Waals surface area contributed by atoms with Gasteiger partial charge in [-0.25, -0.2) is 0 Å². The first-order valence-corrected chi connectivity index (χ1v) is 24.2. The number of hydrogen-bond donors (Lipinski definition) is 2. The average molecular weight is 911 g/mol. The van der Waals surface area contributed by atoms with Crippen LogP contribution in [0.15, 0.2) is 158 Å². The molecule has 6 heteroatoms. The zero-order valence-corrected chi connectivity index (χ0v) is 41.5. The van der Waals surface area contributed by atoms with Gasteiger partial charge in [0.1, 0.15) is 23.0 Å². The van der Waals surface area contributed by atoms with Crippen LogP contribution in [-0.2, 0) is 10.8 Å². The highest BCUT2D eigenvalue weighted by atomic mass is 16.5. The zero-order valence-electron chi connectivity index (χ0n) is 41.5. The average Bonchev–Trinajstić information content (AvgIpc) is 3.83. The molecule has 8 aromatic carbocycles. The van der Waals surface area contributed by atoms with Crippen molar-refractivity contribution in [1.29, 1.82) is 0 Å². The third kappa shape index (κ3) is 8.26. The normalized spacial score (nSPS) is 13.1. The number of para-hydroxylation sites is 4. The summed E-state index contributed by atoms with van der Waals surface area (Å²) >= 11 is 0. The van der Waals surface area contributed by atoms with Gasteiger partial charge in [-0.15, -0.1) is 0 Å². The van der Waals surface area contributed by atoms with Crippen molar-refractivity contribution in [2.75, 3.05) is 0 Å². The number of phenolic OH excluding ortho intramolecular Hbond substituents is 2. The molecule has 0 bridgehead atoms. The number of fused-ring (bicyclic) bond motifs is 6. The number of benzene rings is 8. The maximum absolute atomic E-state index is 12.5. The first-order chi connectivity index (χ1) is 33.0. The Hall–Kier alpha value is -7.44. The fourth-order valence-corrected chi connectivity index (χ4v) is 10.3. The van der Waals surface area contributed by atoms with Crippen molar-refractivity contribution in [3.63, 3.8) is 0 Å². The van der Waals surface area contributed by atoms with Crippen molar-refractivity contribution in [2.24, 2.45) is 0 Å². The van der Waals surface area contributed by atoms with E-state index < -0.39 is 0 Å². The van der Waals surface area contributed by atoms with Crippen molar-refractivity contribution >= 4 is 43.6 Å². The zero-order chi connectivity index (χ0) is 48.5. The summed E-state index contributed by atoms with van der Waals surface area (Å²) in [6, 6.07) is 54.5. The Morgan fingerprint density at radius 2 is 0.739 bits per heavy atom. The summed E-state index contributed by atoms with van der Waals surface area (Å²) in [7, 11) is 0. The first-order valence-electron chi connectivity index (χ1n) is 24.2. The Bertz CT molecular complexity index is 3250. The number of ether oxygens (including phenoxy) is 2. The van der Waals surface area contributed by atoms with Gasteiger partial charge in [0, 0.05) is 50.2 Å². The van der Waals surface area contributed by atoms with E-state index in [2.05, 4.69) is 212 Å². The van der Waals surface area contributed by atoms with Gasteiger partial charge >= 0.3 is 0 Å². The second-order valence-electron chi connectivity index (χ2n) is 21.1. The van der Waals surface area contributed by atoms with Crippen LogP contribution in [0, 0.1) is 13.8 Å². The SMILES string of the molecule is Cc1cc(-c2cc(C(C)(C)C)ccc2OC(C)C[C@@H](C)Oc2ccc(C(C)(C)C)cc2-c2cc(C)cc(-n3c4ccccc4c4ccccc43)c2O)c(O)c(-n2c3ccccc3c3ccccc32)c1. The fraction of sp³-hybridized carbons (Fsp3) is 0.238. The molecule has 69 heavy (non-hydrogen) atoms. The summed E-state index contributed by atoms with van der Waals surface area (Å²) in [5, 5.41) is 29.5. The number of nitrogens with zero attached hydrogens (tertiary/aromatic N) is 2. The minimum absolute atomic E-state index is 0.146. The van der Waals surface area contributed by atoms with Gasteiger partial charge in [-0.2, -0.15) is 0 Å². The number of phenols is 2. The molecule has 2 atom stereocenters.